The Hall–Kier alpha value is -0.430. The van der Waals surface area contributed by atoms with E-state index in [1.165, 1.54) is 0 Å². The standard InChI is InChI=1S/C7H11NO3S2/c1-5(9)4-6-2-3-12-7(6)13(8,10)11/h2-3,5,9H,4H2,1H3,(H2,8,10,11). The van der Waals surface area contributed by atoms with Gasteiger partial charge in [-0.1, -0.05) is 0 Å². The van der Waals surface area contributed by atoms with Crippen molar-refractivity contribution in [2.75, 3.05) is 0 Å². The fraction of sp³-hybridized carbons (Fsp3) is 0.429. The quantitative estimate of drug-likeness (QED) is 0.771. The summed E-state index contributed by atoms with van der Waals surface area (Å²) in [5.74, 6) is 0. The SMILES string of the molecule is CC(O)Cc1ccsc1S(N)(=O)=O. The third-order valence-electron chi connectivity index (χ3n) is 1.48. The zero-order valence-corrected chi connectivity index (χ0v) is 8.73. The van der Waals surface area contributed by atoms with Crippen LogP contribution in [0.25, 0.3) is 0 Å². The predicted molar refractivity (Wildman–Crippen MR) is 51.1 cm³/mol. The van der Waals surface area contributed by atoms with Crippen LogP contribution < -0.4 is 5.14 Å². The van der Waals surface area contributed by atoms with Gasteiger partial charge < -0.3 is 5.11 Å². The van der Waals surface area contributed by atoms with Gasteiger partial charge in [0.1, 0.15) is 4.21 Å². The minimum Gasteiger partial charge on any atom is -0.393 e. The van der Waals surface area contributed by atoms with Gasteiger partial charge in [-0.05, 0) is 23.9 Å². The van der Waals surface area contributed by atoms with Gasteiger partial charge in [-0.25, -0.2) is 13.6 Å². The molecule has 3 N–H and O–H groups in total. The normalized spacial score (nSPS) is 14.4. The van der Waals surface area contributed by atoms with E-state index in [4.69, 9.17) is 10.2 Å². The van der Waals surface area contributed by atoms with E-state index in [0.29, 0.717) is 12.0 Å². The highest BCUT2D eigenvalue weighted by Gasteiger charge is 2.16. The lowest BCUT2D eigenvalue weighted by molar-refractivity contribution is 0.195. The molecule has 0 aliphatic heterocycles. The molecule has 0 aliphatic rings. The fourth-order valence-corrected chi connectivity index (χ4v) is 2.92. The zero-order valence-electron chi connectivity index (χ0n) is 7.10. The second-order valence-electron chi connectivity index (χ2n) is 2.83. The predicted octanol–water partition coefficient (Wildman–Crippen LogP) is 0.319. The fourth-order valence-electron chi connectivity index (χ4n) is 1.04. The van der Waals surface area contributed by atoms with Crippen LogP contribution in [0.2, 0.25) is 0 Å². The second kappa shape index (κ2) is 3.75. The van der Waals surface area contributed by atoms with Crippen LogP contribution in [-0.4, -0.2) is 19.6 Å². The Kier molecular flexibility index (Phi) is 3.07. The summed E-state index contributed by atoms with van der Waals surface area (Å²) in [7, 11) is -3.63. The van der Waals surface area contributed by atoms with Gasteiger partial charge in [0, 0.05) is 6.42 Å². The van der Waals surface area contributed by atoms with E-state index in [0.717, 1.165) is 11.3 Å². The summed E-state index contributed by atoms with van der Waals surface area (Å²) in [5.41, 5.74) is 0.586. The van der Waals surface area contributed by atoms with E-state index in [-0.39, 0.29) is 4.21 Å². The van der Waals surface area contributed by atoms with Gasteiger partial charge >= 0.3 is 0 Å². The maximum absolute atomic E-state index is 11.0. The Bertz CT molecular complexity index is 380. The Balaban J connectivity index is 3.04. The summed E-state index contributed by atoms with van der Waals surface area (Å²) in [6.07, 6.45) is -0.245. The lowest BCUT2D eigenvalue weighted by atomic mass is 10.2. The lowest BCUT2D eigenvalue weighted by Crippen LogP contribution is -2.14. The van der Waals surface area contributed by atoms with Crippen molar-refractivity contribution in [1.82, 2.24) is 0 Å². The molecule has 0 fully saturated rings. The molecule has 1 unspecified atom stereocenters. The molecule has 0 bridgehead atoms. The van der Waals surface area contributed by atoms with E-state index < -0.39 is 16.1 Å². The van der Waals surface area contributed by atoms with Crippen LogP contribution in [-0.2, 0) is 16.4 Å². The average Bonchev–Trinajstić information content (AvgIpc) is 2.31. The minimum atomic E-state index is -3.63. The van der Waals surface area contributed by atoms with Gasteiger partial charge in [-0.2, -0.15) is 0 Å². The minimum absolute atomic E-state index is 0.147. The van der Waals surface area contributed by atoms with Gasteiger partial charge in [0.15, 0.2) is 0 Å². The van der Waals surface area contributed by atoms with Gasteiger partial charge in [0.2, 0.25) is 10.0 Å². The molecule has 0 aromatic carbocycles. The number of sulfonamides is 1. The highest BCUT2D eigenvalue weighted by atomic mass is 32.2. The average molecular weight is 221 g/mol. The number of aliphatic hydroxyl groups excluding tert-OH is 1. The summed E-state index contributed by atoms with van der Waals surface area (Å²) in [5, 5.41) is 15.7. The maximum Gasteiger partial charge on any atom is 0.247 e. The summed E-state index contributed by atoms with van der Waals surface area (Å²) in [4.78, 5) is 0. The molecule has 0 amide bonds. The number of hydrogen-bond acceptors (Lipinski definition) is 4. The van der Waals surface area contributed by atoms with Crippen molar-refractivity contribution in [3.63, 3.8) is 0 Å². The Morgan fingerprint density at radius 3 is 2.77 bits per heavy atom. The number of hydrogen-bond donors (Lipinski definition) is 2. The van der Waals surface area contributed by atoms with Crippen molar-refractivity contribution in [3.05, 3.63) is 17.0 Å². The summed E-state index contributed by atoms with van der Waals surface area (Å²) in [6, 6.07) is 1.66. The third-order valence-corrected chi connectivity index (χ3v) is 3.99. The molecule has 74 valence electrons. The van der Waals surface area contributed by atoms with Crippen molar-refractivity contribution in [3.8, 4) is 0 Å². The first kappa shape index (κ1) is 10.6. The number of thiophene rings is 1. The van der Waals surface area contributed by atoms with Crippen LogP contribution >= 0.6 is 11.3 Å². The van der Waals surface area contributed by atoms with Crippen LogP contribution in [0, 0.1) is 0 Å². The molecular weight excluding hydrogens is 210 g/mol. The third kappa shape index (κ3) is 2.77. The monoisotopic (exact) mass is 221 g/mol. The summed E-state index contributed by atoms with van der Waals surface area (Å²) in [6.45, 7) is 1.60. The van der Waals surface area contributed by atoms with Crippen molar-refractivity contribution < 1.29 is 13.5 Å². The van der Waals surface area contributed by atoms with Gasteiger partial charge in [-0.15, -0.1) is 11.3 Å². The zero-order chi connectivity index (χ0) is 10.1. The molecule has 0 spiro atoms. The first-order chi connectivity index (χ1) is 5.91. The largest absolute Gasteiger partial charge is 0.393 e. The molecule has 0 saturated carbocycles. The molecule has 1 heterocycles. The molecular formula is C7H11NO3S2. The molecule has 13 heavy (non-hydrogen) atoms. The molecule has 1 rings (SSSR count). The smallest absolute Gasteiger partial charge is 0.247 e. The highest BCUT2D eigenvalue weighted by molar-refractivity contribution is 7.91. The summed E-state index contributed by atoms with van der Waals surface area (Å²) < 4.78 is 22.2. The van der Waals surface area contributed by atoms with E-state index in [9.17, 15) is 8.42 Å². The maximum atomic E-state index is 11.0. The lowest BCUT2D eigenvalue weighted by Gasteiger charge is -2.03. The molecule has 6 heteroatoms. The Morgan fingerprint density at radius 2 is 2.31 bits per heavy atom. The van der Waals surface area contributed by atoms with Crippen LogP contribution in [0.4, 0.5) is 0 Å². The topological polar surface area (TPSA) is 80.4 Å². The molecule has 4 nitrogen and oxygen atoms in total. The van der Waals surface area contributed by atoms with Gasteiger partial charge in [0.25, 0.3) is 0 Å². The molecule has 0 aliphatic carbocycles. The van der Waals surface area contributed by atoms with Gasteiger partial charge in [-0.3, -0.25) is 0 Å². The molecule has 0 radical (unpaired) electrons. The number of aliphatic hydroxyl groups is 1. The summed E-state index contributed by atoms with van der Waals surface area (Å²) >= 11 is 1.07. The van der Waals surface area contributed by atoms with E-state index in [2.05, 4.69) is 0 Å². The van der Waals surface area contributed by atoms with E-state index >= 15 is 0 Å². The van der Waals surface area contributed by atoms with Gasteiger partial charge in [0.05, 0.1) is 6.10 Å². The molecule has 0 saturated heterocycles. The first-order valence-corrected chi connectivity index (χ1v) is 6.11. The Labute approximate surface area is 81.1 Å². The first-order valence-electron chi connectivity index (χ1n) is 3.68. The van der Waals surface area contributed by atoms with Crippen molar-refractivity contribution in [2.24, 2.45) is 5.14 Å². The van der Waals surface area contributed by atoms with Crippen LogP contribution in [0.15, 0.2) is 15.7 Å². The number of primary sulfonamides is 1. The molecule has 1 atom stereocenters. The highest BCUT2D eigenvalue weighted by Crippen LogP contribution is 2.22. The molecule has 1 aromatic heterocycles. The Morgan fingerprint density at radius 1 is 1.69 bits per heavy atom. The van der Waals surface area contributed by atoms with Crippen molar-refractivity contribution in [2.45, 2.75) is 23.7 Å². The second-order valence-corrected chi connectivity index (χ2v) is 5.50. The van der Waals surface area contributed by atoms with E-state index in [1.807, 2.05) is 0 Å². The van der Waals surface area contributed by atoms with E-state index in [1.54, 1.807) is 18.4 Å². The van der Waals surface area contributed by atoms with Crippen LogP contribution in [0.1, 0.15) is 12.5 Å². The van der Waals surface area contributed by atoms with Crippen molar-refractivity contribution in [1.29, 1.82) is 0 Å². The van der Waals surface area contributed by atoms with Crippen LogP contribution in [0.3, 0.4) is 0 Å². The van der Waals surface area contributed by atoms with Crippen molar-refractivity contribution >= 4 is 21.4 Å². The van der Waals surface area contributed by atoms with Crippen LogP contribution in [0.5, 0.6) is 0 Å². The molecule has 1 aromatic rings. The number of rotatable bonds is 3. The number of nitrogens with two attached hydrogens (primary N) is 1.